The molecular weight excluding hydrogens is 293 g/mol. The van der Waals surface area contributed by atoms with Gasteiger partial charge in [0.25, 0.3) is 0 Å². The maximum atomic E-state index is 13.7. The van der Waals surface area contributed by atoms with Gasteiger partial charge in [-0.25, -0.2) is 14.4 Å². The Labute approximate surface area is 139 Å². The Morgan fingerprint density at radius 2 is 1.83 bits per heavy atom. The summed E-state index contributed by atoms with van der Waals surface area (Å²) >= 11 is 0. The molecule has 0 aliphatic rings. The number of hydrogen-bond donors (Lipinski definition) is 0. The SMILES string of the molecule is CCCC(CCC)N(C(=O)CC(C)C)c1ncc(F)c(CC)n1. The molecule has 0 aliphatic heterocycles. The summed E-state index contributed by atoms with van der Waals surface area (Å²) in [4.78, 5) is 22.9. The van der Waals surface area contributed by atoms with Crippen LogP contribution in [-0.2, 0) is 11.2 Å². The predicted molar refractivity (Wildman–Crippen MR) is 91.9 cm³/mol. The first-order valence-electron chi connectivity index (χ1n) is 8.77. The van der Waals surface area contributed by atoms with E-state index in [1.165, 1.54) is 6.20 Å². The second-order valence-corrected chi connectivity index (χ2v) is 6.41. The van der Waals surface area contributed by atoms with E-state index >= 15 is 0 Å². The lowest BCUT2D eigenvalue weighted by Gasteiger charge is -2.30. The molecule has 0 saturated heterocycles. The predicted octanol–water partition coefficient (Wildman–Crippen LogP) is 4.53. The minimum absolute atomic E-state index is 0.0283. The molecule has 0 fully saturated rings. The topological polar surface area (TPSA) is 46.1 Å². The van der Waals surface area contributed by atoms with E-state index in [4.69, 9.17) is 0 Å². The summed E-state index contributed by atoms with van der Waals surface area (Å²) in [6, 6.07) is 0.0754. The van der Waals surface area contributed by atoms with Gasteiger partial charge in [-0.3, -0.25) is 9.69 Å². The Morgan fingerprint density at radius 1 is 1.22 bits per heavy atom. The van der Waals surface area contributed by atoms with Crippen molar-refractivity contribution in [2.75, 3.05) is 4.90 Å². The van der Waals surface area contributed by atoms with Crippen LogP contribution in [0.15, 0.2) is 6.20 Å². The zero-order chi connectivity index (χ0) is 17.4. The number of amides is 1. The first-order chi connectivity index (χ1) is 10.9. The lowest BCUT2D eigenvalue weighted by atomic mass is 10.0. The number of halogens is 1. The van der Waals surface area contributed by atoms with Gasteiger partial charge in [-0.15, -0.1) is 0 Å². The van der Waals surface area contributed by atoms with E-state index in [1.807, 2.05) is 20.8 Å². The van der Waals surface area contributed by atoms with Crippen LogP contribution in [0, 0.1) is 11.7 Å². The minimum Gasteiger partial charge on any atom is -0.278 e. The smallest absolute Gasteiger partial charge is 0.232 e. The molecule has 1 aromatic heterocycles. The van der Waals surface area contributed by atoms with Gasteiger partial charge < -0.3 is 0 Å². The number of aromatic nitrogens is 2. The van der Waals surface area contributed by atoms with E-state index in [-0.39, 0.29) is 17.9 Å². The van der Waals surface area contributed by atoms with Crippen LogP contribution in [0.25, 0.3) is 0 Å². The van der Waals surface area contributed by atoms with E-state index in [0.717, 1.165) is 25.7 Å². The lowest BCUT2D eigenvalue weighted by molar-refractivity contribution is -0.119. The van der Waals surface area contributed by atoms with Gasteiger partial charge in [-0.1, -0.05) is 47.5 Å². The Morgan fingerprint density at radius 3 is 2.30 bits per heavy atom. The average molecular weight is 323 g/mol. The standard InChI is InChI=1S/C18H30FN3O/c1-6-9-14(10-7-2)22(17(23)11-13(4)5)18-20-12-15(19)16(8-3)21-18/h12-14H,6-11H2,1-5H3. The summed E-state index contributed by atoms with van der Waals surface area (Å²) in [5.41, 5.74) is 0.365. The number of carbonyl (C=O) groups is 1. The van der Waals surface area contributed by atoms with Crippen LogP contribution in [-0.4, -0.2) is 21.9 Å². The highest BCUT2D eigenvalue weighted by atomic mass is 19.1. The molecule has 1 heterocycles. The molecule has 0 radical (unpaired) electrons. The van der Waals surface area contributed by atoms with Crippen LogP contribution in [0.4, 0.5) is 10.3 Å². The Kier molecular flexibility index (Phi) is 8.13. The van der Waals surface area contributed by atoms with Crippen molar-refractivity contribution in [3.8, 4) is 0 Å². The number of carbonyl (C=O) groups excluding carboxylic acids is 1. The Bertz CT molecular complexity index is 499. The van der Waals surface area contributed by atoms with Crippen molar-refractivity contribution < 1.29 is 9.18 Å². The molecule has 0 aromatic carbocycles. The third-order valence-electron chi connectivity index (χ3n) is 3.81. The van der Waals surface area contributed by atoms with Crippen LogP contribution in [0.1, 0.15) is 72.4 Å². The van der Waals surface area contributed by atoms with Crippen molar-refractivity contribution in [3.63, 3.8) is 0 Å². The van der Waals surface area contributed by atoms with Crippen molar-refractivity contribution in [3.05, 3.63) is 17.7 Å². The van der Waals surface area contributed by atoms with Gasteiger partial charge in [0.05, 0.1) is 11.9 Å². The highest BCUT2D eigenvalue weighted by Crippen LogP contribution is 2.22. The fraction of sp³-hybridized carbons (Fsp3) is 0.722. The molecule has 1 rings (SSSR count). The third-order valence-corrected chi connectivity index (χ3v) is 3.81. The highest BCUT2D eigenvalue weighted by Gasteiger charge is 2.27. The van der Waals surface area contributed by atoms with Gasteiger partial charge in [0.15, 0.2) is 5.82 Å². The van der Waals surface area contributed by atoms with Gasteiger partial charge >= 0.3 is 0 Å². The van der Waals surface area contributed by atoms with Crippen molar-refractivity contribution in [1.29, 1.82) is 0 Å². The van der Waals surface area contributed by atoms with Crippen molar-refractivity contribution in [1.82, 2.24) is 9.97 Å². The molecule has 0 N–H and O–H groups in total. The molecule has 1 aromatic rings. The van der Waals surface area contributed by atoms with Crippen LogP contribution < -0.4 is 4.90 Å². The molecule has 1 amide bonds. The Hall–Kier alpha value is -1.52. The summed E-state index contributed by atoms with van der Waals surface area (Å²) < 4.78 is 13.7. The second-order valence-electron chi connectivity index (χ2n) is 6.41. The summed E-state index contributed by atoms with van der Waals surface area (Å²) in [6.45, 7) is 10.1. The van der Waals surface area contributed by atoms with Gasteiger partial charge in [0.1, 0.15) is 0 Å². The van der Waals surface area contributed by atoms with Crippen LogP contribution in [0.3, 0.4) is 0 Å². The number of nitrogens with zero attached hydrogens (tertiary/aromatic N) is 3. The van der Waals surface area contributed by atoms with Crippen LogP contribution in [0.5, 0.6) is 0 Å². The molecule has 0 unspecified atom stereocenters. The molecule has 5 heteroatoms. The molecule has 0 bridgehead atoms. The first-order valence-corrected chi connectivity index (χ1v) is 8.77. The van der Waals surface area contributed by atoms with Crippen molar-refractivity contribution in [2.24, 2.45) is 5.92 Å². The van der Waals surface area contributed by atoms with Gasteiger partial charge in [0.2, 0.25) is 11.9 Å². The number of hydrogen-bond acceptors (Lipinski definition) is 3. The van der Waals surface area contributed by atoms with E-state index in [9.17, 15) is 9.18 Å². The summed E-state index contributed by atoms with van der Waals surface area (Å²) in [5.74, 6) is 0.233. The molecular formula is C18H30FN3O. The molecule has 0 saturated carbocycles. The quantitative estimate of drug-likeness (QED) is 0.671. The number of rotatable bonds is 9. The van der Waals surface area contributed by atoms with Gasteiger partial charge in [-0.05, 0) is 25.2 Å². The second kappa shape index (κ2) is 9.58. The number of anilines is 1. The van der Waals surface area contributed by atoms with E-state index in [1.54, 1.807) is 4.90 Å². The normalized spacial score (nSPS) is 11.3. The molecule has 0 aliphatic carbocycles. The van der Waals surface area contributed by atoms with Gasteiger partial charge in [0, 0.05) is 12.5 Å². The van der Waals surface area contributed by atoms with Crippen LogP contribution in [0.2, 0.25) is 0 Å². The van der Waals surface area contributed by atoms with E-state index in [0.29, 0.717) is 24.5 Å². The number of aryl methyl sites for hydroxylation is 1. The zero-order valence-corrected chi connectivity index (χ0v) is 15.1. The summed E-state index contributed by atoms with van der Waals surface area (Å²) in [5, 5.41) is 0. The molecule has 0 atom stereocenters. The van der Waals surface area contributed by atoms with Gasteiger partial charge in [-0.2, -0.15) is 0 Å². The maximum Gasteiger partial charge on any atom is 0.232 e. The van der Waals surface area contributed by atoms with E-state index < -0.39 is 5.82 Å². The average Bonchev–Trinajstić information content (AvgIpc) is 2.48. The fourth-order valence-corrected chi connectivity index (χ4v) is 2.75. The third kappa shape index (κ3) is 5.56. The largest absolute Gasteiger partial charge is 0.278 e. The van der Waals surface area contributed by atoms with Crippen molar-refractivity contribution >= 4 is 11.9 Å². The van der Waals surface area contributed by atoms with Crippen LogP contribution >= 0.6 is 0 Å². The fourth-order valence-electron chi connectivity index (χ4n) is 2.75. The minimum atomic E-state index is -0.407. The summed E-state index contributed by atoms with van der Waals surface area (Å²) in [6.07, 6.45) is 5.90. The van der Waals surface area contributed by atoms with E-state index in [2.05, 4.69) is 23.8 Å². The van der Waals surface area contributed by atoms with Crippen molar-refractivity contribution in [2.45, 2.75) is 79.2 Å². The maximum absolute atomic E-state index is 13.7. The molecule has 130 valence electrons. The highest BCUT2D eigenvalue weighted by molar-refractivity contribution is 5.92. The monoisotopic (exact) mass is 323 g/mol. The zero-order valence-electron chi connectivity index (χ0n) is 15.1. The Balaban J connectivity index is 3.23. The molecule has 4 nitrogen and oxygen atoms in total. The summed E-state index contributed by atoms with van der Waals surface area (Å²) in [7, 11) is 0. The lowest BCUT2D eigenvalue weighted by Crippen LogP contribution is -2.42. The molecule has 0 spiro atoms. The molecule has 23 heavy (non-hydrogen) atoms. The first kappa shape index (κ1) is 19.5.